The number of hydrogen-bond donors (Lipinski definition) is 1. The molecule has 26 heavy (non-hydrogen) atoms. The number of benzene rings is 2. The number of methoxy groups -OCH3 is 1. The Morgan fingerprint density at radius 1 is 1.19 bits per heavy atom. The van der Waals surface area contributed by atoms with Crippen LogP contribution in [-0.2, 0) is 11.3 Å². The van der Waals surface area contributed by atoms with E-state index in [1.165, 1.54) is 0 Å². The number of anilines is 1. The molecule has 0 radical (unpaired) electrons. The molecule has 0 aliphatic carbocycles. The van der Waals surface area contributed by atoms with E-state index in [0.717, 1.165) is 40.6 Å². The van der Waals surface area contributed by atoms with E-state index in [4.69, 9.17) is 4.74 Å². The van der Waals surface area contributed by atoms with Crippen molar-refractivity contribution in [2.75, 3.05) is 19.5 Å². The van der Waals surface area contributed by atoms with Crippen molar-refractivity contribution >= 4 is 11.6 Å². The molecule has 1 atom stereocenters. The monoisotopic (exact) mass is 362 g/mol. The highest BCUT2D eigenvalue weighted by Crippen LogP contribution is 2.25. The lowest BCUT2D eigenvalue weighted by molar-refractivity contribution is -0.120. The minimum atomic E-state index is -0.670. The van der Waals surface area contributed by atoms with Crippen molar-refractivity contribution in [2.24, 2.45) is 0 Å². The molecule has 0 fully saturated rings. The van der Waals surface area contributed by atoms with E-state index in [0.29, 0.717) is 6.54 Å². The summed E-state index contributed by atoms with van der Waals surface area (Å²) in [6.45, 7) is 6.19. The van der Waals surface area contributed by atoms with Gasteiger partial charge >= 0.3 is 0 Å². The highest BCUT2D eigenvalue weighted by molar-refractivity contribution is 5.94. The van der Waals surface area contributed by atoms with Gasteiger partial charge in [0.2, 0.25) is 5.91 Å². The summed E-state index contributed by atoms with van der Waals surface area (Å²) in [5.41, 5.74) is 2.93. The second kappa shape index (κ2) is 8.27. The van der Waals surface area contributed by atoms with Crippen LogP contribution in [0.5, 0.6) is 5.75 Å². The van der Waals surface area contributed by atoms with Crippen LogP contribution < -0.4 is 10.1 Å². The topological polar surface area (TPSA) is 41.6 Å². The van der Waals surface area contributed by atoms with Gasteiger partial charge < -0.3 is 10.1 Å². The standard InChI is InChI=1S/C20H24F2N2O2/c1-12-8-15(9-13(2)19(12)26-5)11-24(4)14(3)20(25)23-18-10-16(21)6-7-17(18)22/h6-10,14H,11H2,1-5H3,(H,23,25). The number of hydrogen-bond acceptors (Lipinski definition) is 3. The molecule has 1 unspecified atom stereocenters. The Bertz CT molecular complexity index is 785. The van der Waals surface area contributed by atoms with Crippen molar-refractivity contribution < 1.29 is 18.3 Å². The van der Waals surface area contributed by atoms with Gasteiger partial charge in [-0.1, -0.05) is 12.1 Å². The molecule has 1 N–H and O–H groups in total. The summed E-state index contributed by atoms with van der Waals surface area (Å²) < 4.78 is 32.3. The fourth-order valence-corrected chi connectivity index (χ4v) is 2.91. The van der Waals surface area contributed by atoms with E-state index in [9.17, 15) is 13.6 Å². The molecule has 2 aromatic carbocycles. The number of likely N-dealkylation sites (N-methyl/N-ethyl adjacent to an activating group) is 1. The molecule has 2 rings (SSSR count). The van der Waals surface area contributed by atoms with Crippen molar-refractivity contribution in [1.29, 1.82) is 0 Å². The first-order valence-corrected chi connectivity index (χ1v) is 8.33. The molecule has 0 saturated carbocycles. The van der Waals surface area contributed by atoms with Crippen LogP contribution in [0.25, 0.3) is 0 Å². The Balaban J connectivity index is 2.08. The number of halogens is 2. The minimum Gasteiger partial charge on any atom is -0.496 e. The molecular formula is C20H24F2N2O2. The zero-order chi connectivity index (χ0) is 19.4. The minimum absolute atomic E-state index is 0.161. The van der Waals surface area contributed by atoms with Crippen LogP contribution in [0, 0.1) is 25.5 Å². The molecule has 0 spiro atoms. The first-order valence-electron chi connectivity index (χ1n) is 8.33. The van der Waals surface area contributed by atoms with Gasteiger partial charge in [0.05, 0.1) is 18.8 Å². The number of carbonyl (C=O) groups is 1. The van der Waals surface area contributed by atoms with Gasteiger partial charge in [-0.15, -0.1) is 0 Å². The van der Waals surface area contributed by atoms with E-state index >= 15 is 0 Å². The Morgan fingerprint density at radius 2 is 1.81 bits per heavy atom. The summed E-state index contributed by atoms with van der Waals surface area (Å²) in [6, 6.07) is 6.46. The van der Waals surface area contributed by atoms with Crippen LogP contribution in [0.1, 0.15) is 23.6 Å². The highest BCUT2D eigenvalue weighted by atomic mass is 19.1. The van der Waals surface area contributed by atoms with Crippen LogP contribution in [-0.4, -0.2) is 31.0 Å². The van der Waals surface area contributed by atoms with Gasteiger partial charge in [-0.05, 0) is 56.6 Å². The fraction of sp³-hybridized carbons (Fsp3) is 0.350. The van der Waals surface area contributed by atoms with Gasteiger partial charge in [-0.2, -0.15) is 0 Å². The molecule has 1 amide bonds. The molecule has 2 aromatic rings. The Kier molecular flexibility index (Phi) is 6.32. The summed E-state index contributed by atoms with van der Waals surface area (Å²) in [7, 11) is 3.44. The number of aryl methyl sites for hydroxylation is 2. The van der Waals surface area contributed by atoms with Crippen LogP contribution in [0.3, 0.4) is 0 Å². The molecule has 0 aliphatic rings. The van der Waals surface area contributed by atoms with E-state index in [-0.39, 0.29) is 5.69 Å². The van der Waals surface area contributed by atoms with Crippen molar-refractivity contribution in [2.45, 2.75) is 33.4 Å². The first-order chi connectivity index (χ1) is 12.2. The van der Waals surface area contributed by atoms with Crippen molar-refractivity contribution in [3.63, 3.8) is 0 Å². The van der Waals surface area contributed by atoms with Crippen LogP contribution in [0.2, 0.25) is 0 Å². The predicted octanol–water partition coefficient (Wildman–Crippen LogP) is 4.05. The maximum atomic E-state index is 13.7. The Morgan fingerprint density at radius 3 is 2.38 bits per heavy atom. The number of nitrogens with zero attached hydrogens (tertiary/aromatic N) is 1. The number of carbonyl (C=O) groups excluding carboxylic acids is 1. The summed E-state index contributed by atoms with van der Waals surface area (Å²) in [6.07, 6.45) is 0. The average Bonchev–Trinajstić information content (AvgIpc) is 2.57. The summed E-state index contributed by atoms with van der Waals surface area (Å²) in [5.74, 6) is -0.828. The van der Waals surface area contributed by atoms with Crippen molar-refractivity contribution in [3.8, 4) is 5.75 Å². The molecule has 140 valence electrons. The number of ether oxygens (including phenoxy) is 1. The summed E-state index contributed by atoms with van der Waals surface area (Å²) >= 11 is 0. The van der Waals surface area contributed by atoms with Gasteiger partial charge in [-0.3, -0.25) is 9.69 Å². The number of rotatable bonds is 6. The van der Waals surface area contributed by atoms with Gasteiger partial charge in [0.15, 0.2) is 0 Å². The van der Waals surface area contributed by atoms with Crippen LogP contribution >= 0.6 is 0 Å². The van der Waals surface area contributed by atoms with Gasteiger partial charge in [0.1, 0.15) is 17.4 Å². The van der Waals surface area contributed by atoms with Gasteiger partial charge in [0, 0.05) is 12.6 Å². The summed E-state index contributed by atoms with van der Waals surface area (Å²) in [4.78, 5) is 14.2. The zero-order valence-corrected chi connectivity index (χ0v) is 15.7. The van der Waals surface area contributed by atoms with Crippen molar-refractivity contribution in [3.05, 3.63) is 58.7 Å². The normalized spacial score (nSPS) is 12.2. The molecule has 6 heteroatoms. The Labute approximate surface area is 152 Å². The molecule has 0 saturated heterocycles. The third-order valence-corrected chi connectivity index (χ3v) is 4.38. The quantitative estimate of drug-likeness (QED) is 0.843. The Hall–Kier alpha value is -2.47. The zero-order valence-electron chi connectivity index (χ0n) is 15.7. The summed E-state index contributed by atoms with van der Waals surface area (Å²) in [5, 5.41) is 2.44. The molecule has 0 aliphatic heterocycles. The SMILES string of the molecule is COc1c(C)cc(CN(C)C(C)C(=O)Nc2cc(F)ccc2F)cc1C. The molecule has 0 bridgehead atoms. The largest absolute Gasteiger partial charge is 0.496 e. The van der Waals surface area contributed by atoms with E-state index in [1.807, 2.05) is 30.9 Å². The highest BCUT2D eigenvalue weighted by Gasteiger charge is 2.20. The predicted molar refractivity (Wildman–Crippen MR) is 98.4 cm³/mol. The molecular weight excluding hydrogens is 338 g/mol. The van der Waals surface area contributed by atoms with Gasteiger partial charge in [-0.25, -0.2) is 8.78 Å². The van der Waals surface area contributed by atoms with E-state index in [1.54, 1.807) is 21.1 Å². The lowest BCUT2D eigenvalue weighted by Crippen LogP contribution is -2.39. The van der Waals surface area contributed by atoms with E-state index < -0.39 is 23.6 Å². The first kappa shape index (κ1) is 19.8. The second-order valence-corrected chi connectivity index (χ2v) is 6.47. The fourth-order valence-electron chi connectivity index (χ4n) is 2.91. The maximum absolute atomic E-state index is 13.7. The van der Waals surface area contributed by atoms with Crippen molar-refractivity contribution in [1.82, 2.24) is 4.90 Å². The average molecular weight is 362 g/mol. The second-order valence-electron chi connectivity index (χ2n) is 6.47. The van der Waals surface area contributed by atoms with Crippen LogP contribution in [0.15, 0.2) is 30.3 Å². The number of amides is 1. The van der Waals surface area contributed by atoms with Gasteiger partial charge in [0.25, 0.3) is 0 Å². The third kappa shape index (κ3) is 4.58. The smallest absolute Gasteiger partial charge is 0.241 e. The lowest BCUT2D eigenvalue weighted by Gasteiger charge is -2.24. The maximum Gasteiger partial charge on any atom is 0.241 e. The third-order valence-electron chi connectivity index (χ3n) is 4.38. The molecule has 4 nitrogen and oxygen atoms in total. The number of nitrogens with one attached hydrogen (secondary N) is 1. The van der Waals surface area contributed by atoms with E-state index in [2.05, 4.69) is 5.32 Å². The molecule has 0 heterocycles. The van der Waals surface area contributed by atoms with Crippen LogP contribution in [0.4, 0.5) is 14.5 Å². The molecule has 0 aromatic heterocycles. The lowest BCUT2D eigenvalue weighted by atomic mass is 10.0.